The number of rotatable bonds is 8. The molecule has 5 heteroatoms. The molecule has 0 bridgehead atoms. The number of phenols is 2. The number of aldehydes is 2. The van der Waals surface area contributed by atoms with Crippen LogP contribution in [0.5, 0.6) is 17.2 Å². The summed E-state index contributed by atoms with van der Waals surface area (Å²) in [4.78, 5) is 22.6. The van der Waals surface area contributed by atoms with E-state index in [2.05, 4.69) is 0 Å². The Morgan fingerprint density at radius 2 is 1.34 bits per heavy atom. The van der Waals surface area contributed by atoms with Crippen molar-refractivity contribution in [1.82, 2.24) is 0 Å². The maximum Gasteiger partial charge on any atom is 0.150 e. The van der Waals surface area contributed by atoms with Crippen LogP contribution in [-0.2, 0) is 0 Å². The Morgan fingerprint density at radius 3 is 1.79 bits per heavy atom. The van der Waals surface area contributed by atoms with E-state index < -0.39 is 5.92 Å². The van der Waals surface area contributed by atoms with Crippen molar-refractivity contribution in [2.24, 2.45) is 0 Å². The van der Waals surface area contributed by atoms with Crippen LogP contribution in [0, 0.1) is 0 Å². The molecule has 148 valence electrons. The monoisotopic (exact) mass is 390 g/mol. The molecule has 0 aromatic heterocycles. The van der Waals surface area contributed by atoms with E-state index in [0.29, 0.717) is 47.2 Å². The lowest BCUT2D eigenvalue weighted by Crippen LogP contribution is -2.06. The number of benzene rings is 3. The van der Waals surface area contributed by atoms with Crippen molar-refractivity contribution in [2.45, 2.75) is 19.3 Å². The Morgan fingerprint density at radius 1 is 0.828 bits per heavy atom. The van der Waals surface area contributed by atoms with Gasteiger partial charge >= 0.3 is 0 Å². The molecule has 3 aromatic rings. The van der Waals surface area contributed by atoms with Crippen LogP contribution < -0.4 is 4.74 Å². The third-order valence-corrected chi connectivity index (χ3v) is 4.68. The Hall–Kier alpha value is -3.60. The first kappa shape index (κ1) is 20.1. The molecule has 2 N–H and O–H groups in total. The van der Waals surface area contributed by atoms with Gasteiger partial charge < -0.3 is 14.9 Å². The second-order valence-corrected chi connectivity index (χ2v) is 6.72. The van der Waals surface area contributed by atoms with E-state index in [1.54, 1.807) is 12.1 Å². The van der Waals surface area contributed by atoms with Gasteiger partial charge in [0.1, 0.15) is 29.8 Å². The molecule has 0 unspecified atom stereocenters. The first-order valence-corrected chi connectivity index (χ1v) is 9.36. The lowest BCUT2D eigenvalue weighted by atomic mass is 9.83. The van der Waals surface area contributed by atoms with Crippen LogP contribution in [0.4, 0.5) is 0 Å². The van der Waals surface area contributed by atoms with Crippen LogP contribution in [0.15, 0.2) is 60.7 Å². The zero-order chi connectivity index (χ0) is 20.8. The fourth-order valence-corrected chi connectivity index (χ4v) is 3.26. The van der Waals surface area contributed by atoms with E-state index in [-0.39, 0.29) is 11.5 Å². The van der Waals surface area contributed by atoms with Crippen molar-refractivity contribution in [3.8, 4) is 17.2 Å². The van der Waals surface area contributed by atoms with Crippen molar-refractivity contribution in [2.75, 3.05) is 6.61 Å². The summed E-state index contributed by atoms with van der Waals surface area (Å²) in [7, 11) is 0. The van der Waals surface area contributed by atoms with Gasteiger partial charge in [-0.05, 0) is 60.5 Å². The molecule has 0 heterocycles. The van der Waals surface area contributed by atoms with Crippen molar-refractivity contribution < 1.29 is 24.5 Å². The number of hydrogen-bond donors (Lipinski definition) is 2. The lowest BCUT2D eigenvalue weighted by Gasteiger charge is -2.22. The van der Waals surface area contributed by atoms with E-state index in [4.69, 9.17) is 4.74 Å². The van der Waals surface area contributed by atoms with Crippen molar-refractivity contribution in [3.05, 3.63) is 88.5 Å². The van der Waals surface area contributed by atoms with Crippen LogP contribution in [0.2, 0.25) is 0 Å². The molecule has 5 nitrogen and oxygen atoms in total. The normalized spacial score (nSPS) is 10.7. The molecule has 0 saturated carbocycles. The van der Waals surface area contributed by atoms with Crippen molar-refractivity contribution in [1.29, 1.82) is 0 Å². The summed E-state index contributed by atoms with van der Waals surface area (Å²) < 4.78 is 5.63. The van der Waals surface area contributed by atoms with Gasteiger partial charge in [0.05, 0.1) is 6.61 Å². The highest BCUT2D eigenvalue weighted by molar-refractivity contribution is 5.77. The Kier molecular flexibility index (Phi) is 6.29. The molecule has 0 saturated heterocycles. The molecular formula is C24H22O5. The Bertz CT molecular complexity index is 951. The van der Waals surface area contributed by atoms with Gasteiger partial charge in [-0.15, -0.1) is 0 Å². The predicted octanol–water partition coefficient (Wildman–Crippen LogP) is 4.69. The zero-order valence-electron chi connectivity index (χ0n) is 16.0. The average Bonchev–Trinajstić information content (AvgIpc) is 2.75. The van der Waals surface area contributed by atoms with E-state index in [1.165, 1.54) is 24.3 Å². The third kappa shape index (κ3) is 4.46. The van der Waals surface area contributed by atoms with Gasteiger partial charge in [-0.25, -0.2) is 0 Å². The Labute approximate surface area is 169 Å². The molecule has 0 aliphatic carbocycles. The van der Waals surface area contributed by atoms with Gasteiger partial charge in [0.15, 0.2) is 0 Å². The maximum absolute atomic E-state index is 11.3. The molecule has 3 rings (SSSR count). The fraction of sp³-hybridized carbons (Fsp3) is 0.167. The highest BCUT2D eigenvalue weighted by Crippen LogP contribution is 2.41. The number of hydrogen-bond acceptors (Lipinski definition) is 5. The summed E-state index contributed by atoms with van der Waals surface area (Å²) in [5, 5.41) is 21.0. The second-order valence-electron chi connectivity index (χ2n) is 6.72. The zero-order valence-corrected chi connectivity index (χ0v) is 16.0. The highest BCUT2D eigenvalue weighted by atomic mass is 16.5. The van der Waals surface area contributed by atoms with Gasteiger partial charge in [0, 0.05) is 28.2 Å². The van der Waals surface area contributed by atoms with Crippen LogP contribution >= 0.6 is 0 Å². The molecule has 29 heavy (non-hydrogen) atoms. The van der Waals surface area contributed by atoms with Gasteiger partial charge in [0.25, 0.3) is 0 Å². The van der Waals surface area contributed by atoms with Crippen molar-refractivity contribution >= 4 is 12.6 Å². The molecule has 0 spiro atoms. The van der Waals surface area contributed by atoms with E-state index in [9.17, 15) is 19.8 Å². The van der Waals surface area contributed by atoms with Gasteiger partial charge in [-0.3, -0.25) is 9.59 Å². The van der Waals surface area contributed by atoms with E-state index in [1.807, 2.05) is 31.2 Å². The maximum atomic E-state index is 11.3. The molecule has 0 amide bonds. The van der Waals surface area contributed by atoms with Crippen LogP contribution in [0.25, 0.3) is 0 Å². The fourth-order valence-electron chi connectivity index (χ4n) is 3.26. The van der Waals surface area contributed by atoms with Crippen LogP contribution in [-0.4, -0.2) is 29.4 Å². The number of phenolic OH excluding ortho intramolecular Hbond substituents is 2. The minimum Gasteiger partial charge on any atom is -0.508 e. The Balaban J connectivity index is 2.17. The number of ether oxygens (including phenoxy) is 1. The van der Waals surface area contributed by atoms with Gasteiger partial charge in [0.2, 0.25) is 0 Å². The summed E-state index contributed by atoms with van der Waals surface area (Å²) >= 11 is 0. The molecule has 0 aliphatic heterocycles. The standard InChI is InChI=1S/C24H22O5/c1-2-11-29-19-7-5-18(6-8-19)24(20-12-16(14-25)3-9-22(20)27)21-13-17(15-26)4-10-23(21)28/h3-10,12-15,24,27-28H,2,11H2,1H3. The van der Waals surface area contributed by atoms with Gasteiger partial charge in [-0.1, -0.05) is 19.1 Å². The van der Waals surface area contributed by atoms with Crippen molar-refractivity contribution in [3.63, 3.8) is 0 Å². The molecular weight excluding hydrogens is 368 g/mol. The van der Waals surface area contributed by atoms with Crippen LogP contribution in [0.3, 0.4) is 0 Å². The first-order valence-electron chi connectivity index (χ1n) is 9.36. The largest absolute Gasteiger partial charge is 0.508 e. The van der Waals surface area contributed by atoms with E-state index >= 15 is 0 Å². The highest BCUT2D eigenvalue weighted by Gasteiger charge is 2.24. The topological polar surface area (TPSA) is 83.8 Å². The van der Waals surface area contributed by atoms with Gasteiger partial charge in [-0.2, -0.15) is 0 Å². The molecule has 0 aliphatic rings. The smallest absolute Gasteiger partial charge is 0.150 e. The minimum atomic E-state index is -0.588. The molecule has 0 fully saturated rings. The SMILES string of the molecule is CCCOc1ccc(C(c2cc(C=O)ccc2O)c2cc(C=O)ccc2O)cc1. The first-order chi connectivity index (χ1) is 14.1. The second kappa shape index (κ2) is 9.06. The third-order valence-electron chi connectivity index (χ3n) is 4.68. The summed E-state index contributed by atoms with van der Waals surface area (Å²) in [6.07, 6.45) is 2.29. The van der Waals surface area contributed by atoms with E-state index in [0.717, 1.165) is 12.0 Å². The summed E-state index contributed by atoms with van der Waals surface area (Å²) in [5.41, 5.74) is 2.48. The molecule has 0 radical (unpaired) electrons. The quantitative estimate of drug-likeness (QED) is 0.431. The average molecular weight is 390 g/mol. The lowest BCUT2D eigenvalue weighted by molar-refractivity contribution is 0.111. The number of carbonyl (C=O) groups excluding carboxylic acids is 2. The molecule has 3 aromatic carbocycles. The summed E-state index contributed by atoms with van der Waals surface area (Å²) in [5.74, 6) is 0.103. The molecule has 0 atom stereocenters. The number of carbonyl (C=O) groups is 2. The summed E-state index contributed by atoms with van der Waals surface area (Å²) in [6, 6.07) is 16.4. The minimum absolute atomic E-state index is 0.0113. The number of aromatic hydroxyl groups is 2. The predicted molar refractivity (Wildman–Crippen MR) is 110 cm³/mol. The van der Waals surface area contributed by atoms with Crippen LogP contribution in [0.1, 0.15) is 56.7 Å². The summed E-state index contributed by atoms with van der Waals surface area (Å²) in [6.45, 7) is 2.63.